The highest BCUT2D eigenvalue weighted by Gasteiger charge is 2.36. The number of halogens is 1. The van der Waals surface area contributed by atoms with Crippen LogP contribution in [0.15, 0.2) is 83.5 Å². The Morgan fingerprint density at radius 2 is 1.89 bits per heavy atom. The van der Waals surface area contributed by atoms with Crippen LogP contribution in [0.3, 0.4) is 0 Å². The highest BCUT2D eigenvalue weighted by atomic mass is 19.1. The van der Waals surface area contributed by atoms with E-state index in [1.54, 1.807) is 42.7 Å². The average molecular weight is 473 g/mol. The molecule has 0 aliphatic heterocycles. The van der Waals surface area contributed by atoms with Crippen molar-refractivity contribution in [3.63, 3.8) is 0 Å². The molecule has 5 nitrogen and oxygen atoms in total. The maximum absolute atomic E-state index is 13.5. The molecule has 0 saturated heterocycles. The van der Waals surface area contributed by atoms with E-state index >= 15 is 0 Å². The number of rotatable bonds is 8. The number of carboxylic acids is 1. The van der Waals surface area contributed by atoms with Gasteiger partial charge in [-0.05, 0) is 55.3 Å². The molecule has 2 unspecified atom stereocenters. The van der Waals surface area contributed by atoms with Crippen LogP contribution in [-0.4, -0.2) is 18.2 Å². The van der Waals surface area contributed by atoms with Crippen LogP contribution in [0.25, 0.3) is 11.0 Å². The molecule has 6 heteroatoms. The summed E-state index contributed by atoms with van der Waals surface area (Å²) >= 11 is 0. The van der Waals surface area contributed by atoms with Crippen LogP contribution in [0.2, 0.25) is 0 Å². The molecular weight excluding hydrogens is 447 g/mol. The Morgan fingerprint density at radius 3 is 2.63 bits per heavy atom. The Morgan fingerprint density at radius 1 is 1.11 bits per heavy atom. The standard InChI is InChI=1S/C29H25FO5/c1-29(33-2,28(31)32)25-9-5-3-7-20(25)8-4-6-10-26(21-11-14-23(30)15-12-21)35-24-16-13-22-17-18-34-27(22)19-24/h3,5,7,9,11-19,26H,6,10H2,1-2H3,(H,31,32). The third-order valence-corrected chi connectivity index (χ3v) is 5.96. The first kappa shape index (κ1) is 24.1. The molecule has 178 valence electrons. The third-order valence-electron chi connectivity index (χ3n) is 5.96. The van der Waals surface area contributed by atoms with Gasteiger partial charge in [0.05, 0.1) is 6.26 Å². The summed E-state index contributed by atoms with van der Waals surface area (Å²) in [7, 11) is 1.36. The summed E-state index contributed by atoms with van der Waals surface area (Å²) in [5, 5.41) is 10.6. The summed E-state index contributed by atoms with van der Waals surface area (Å²) in [6.45, 7) is 1.50. The number of benzene rings is 3. The molecule has 4 aromatic rings. The number of furan rings is 1. The number of carbonyl (C=O) groups is 1. The molecule has 0 aliphatic carbocycles. The van der Waals surface area contributed by atoms with Crippen LogP contribution in [0.5, 0.6) is 5.75 Å². The summed E-state index contributed by atoms with van der Waals surface area (Å²) in [5.41, 5.74) is 1.11. The molecule has 0 saturated carbocycles. The van der Waals surface area contributed by atoms with Gasteiger partial charge in [-0.1, -0.05) is 42.2 Å². The van der Waals surface area contributed by atoms with Gasteiger partial charge in [-0.2, -0.15) is 0 Å². The Bertz CT molecular complexity index is 1380. The number of fused-ring (bicyclic) bond motifs is 1. The molecule has 1 heterocycles. The maximum atomic E-state index is 13.5. The zero-order valence-electron chi connectivity index (χ0n) is 19.5. The number of methoxy groups -OCH3 is 1. The molecular formula is C29H25FO5. The molecule has 0 amide bonds. The second-order valence-electron chi connectivity index (χ2n) is 8.21. The smallest absolute Gasteiger partial charge is 0.340 e. The lowest BCUT2D eigenvalue weighted by atomic mass is 9.91. The lowest BCUT2D eigenvalue weighted by Gasteiger charge is -2.24. The Hall–Kier alpha value is -4.08. The van der Waals surface area contributed by atoms with E-state index in [1.165, 1.54) is 26.2 Å². The number of aliphatic carboxylic acids is 1. The van der Waals surface area contributed by atoms with Gasteiger partial charge in [0.1, 0.15) is 23.3 Å². The first-order valence-corrected chi connectivity index (χ1v) is 11.2. The van der Waals surface area contributed by atoms with Gasteiger partial charge < -0.3 is 19.0 Å². The fourth-order valence-electron chi connectivity index (χ4n) is 3.83. The van der Waals surface area contributed by atoms with Crippen molar-refractivity contribution in [1.29, 1.82) is 0 Å². The normalized spacial score (nSPS) is 13.5. The van der Waals surface area contributed by atoms with Crippen molar-refractivity contribution in [2.45, 2.75) is 31.5 Å². The first-order valence-electron chi connectivity index (χ1n) is 11.2. The van der Waals surface area contributed by atoms with Crippen LogP contribution in [0, 0.1) is 17.7 Å². The Balaban J connectivity index is 1.55. The van der Waals surface area contributed by atoms with Gasteiger partial charge in [0.2, 0.25) is 0 Å². The topological polar surface area (TPSA) is 68.9 Å². The number of hydrogen-bond acceptors (Lipinski definition) is 4. The van der Waals surface area contributed by atoms with Crippen molar-refractivity contribution >= 4 is 16.9 Å². The lowest BCUT2D eigenvalue weighted by Crippen LogP contribution is -2.35. The van der Waals surface area contributed by atoms with Crippen molar-refractivity contribution < 1.29 is 28.2 Å². The van der Waals surface area contributed by atoms with Crippen LogP contribution >= 0.6 is 0 Å². The number of hydrogen-bond donors (Lipinski definition) is 1. The molecule has 4 rings (SSSR count). The monoisotopic (exact) mass is 472 g/mol. The van der Waals surface area contributed by atoms with E-state index in [1.807, 2.05) is 24.3 Å². The highest BCUT2D eigenvalue weighted by molar-refractivity contribution is 5.80. The van der Waals surface area contributed by atoms with E-state index in [0.717, 1.165) is 16.5 Å². The molecule has 0 radical (unpaired) electrons. The molecule has 1 N–H and O–H groups in total. The second kappa shape index (κ2) is 10.5. The van der Waals surface area contributed by atoms with E-state index < -0.39 is 11.6 Å². The van der Waals surface area contributed by atoms with E-state index in [4.69, 9.17) is 13.9 Å². The van der Waals surface area contributed by atoms with Gasteiger partial charge in [0.15, 0.2) is 5.60 Å². The van der Waals surface area contributed by atoms with E-state index in [9.17, 15) is 14.3 Å². The predicted molar refractivity (Wildman–Crippen MR) is 131 cm³/mol. The van der Waals surface area contributed by atoms with Gasteiger partial charge in [0, 0.05) is 36.1 Å². The fourth-order valence-corrected chi connectivity index (χ4v) is 3.83. The number of ether oxygens (including phenoxy) is 2. The zero-order valence-corrected chi connectivity index (χ0v) is 19.5. The molecule has 35 heavy (non-hydrogen) atoms. The van der Waals surface area contributed by atoms with Gasteiger partial charge in [-0.3, -0.25) is 0 Å². The highest BCUT2D eigenvalue weighted by Crippen LogP contribution is 2.30. The summed E-state index contributed by atoms with van der Waals surface area (Å²) in [4.78, 5) is 11.8. The van der Waals surface area contributed by atoms with Crippen molar-refractivity contribution in [2.24, 2.45) is 0 Å². The quantitative estimate of drug-likeness (QED) is 0.298. The molecule has 3 aromatic carbocycles. The van der Waals surface area contributed by atoms with Crippen LogP contribution in [0.4, 0.5) is 4.39 Å². The van der Waals surface area contributed by atoms with Crippen molar-refractivity contribution in [1.82, 2.24) is 0 Å². The van der Waals surface area contributed by atoms with E-state index in [-0.39, 0.29) is 11.9 Å². The molecule has 2 atom stereocenters. The fraction of sp³-hybridized carbons (Fsp3) is 0.207. The lowest BCUT2D eigenvalue weighted by molar-refractivity contribution is -0.161. The minimum Gasteiger partial charge on any atom is -0.486 e. The second-order valence-corrected chi connectivity index (χ2v) is 8.21. The minimum atomic E-state index is -1.50. The van der Waals surface area contributed by atoms with Crippen molar-refractivity contribution in [2.75, 3.05) is 7.11 Å². The summed E-state index contributed by atoms with van der Waals surface area (Å²) < 4.78 is 30.5. The zero-order chi connectivity index (χ0) is 24.8. The molecule has 0 fully saturated rings. The molecule has 0 bridgehead atoms. The van der Waals surface area contributed by atoms with Crippen molar-refractivity contribution in [3.8, 4) is 17.6 Å². The van der Waals surface area contributed by atoms with Gasteiger partial charge in [-0.15, -0.1) is 0 Å². The Labute approximate surface area is 203 Å². The molecule has 1 aromatic heterocycles. The summed E-state index contributed by atoms with van der Waals surface area (Å²) in [6, 6.07) is 20.7. The molecule has 0 aliphatic rings. The summed E-state index contributed by atoms with van der Waals surface area (Å²) in [6.07, 6.45) is 2.27. The van der Waals surface area contributed by atoms with Gasteiger partial charge in [0.25, 0.3) is 0 Å². The maximum Gasteiger partial charge on any atom is 0.340 e. The Kier molecular flexibility index (Phi) is 7.19. The van der Waals surface area contributed by atoms with Crippen molar-refractivity contribution in [3.05, 3.63) is 102 Å². The van der Waals surface area contributed by atoms with Gasteiger partial charge >= 0.3 is 5.97 Å². The molecule has 0 spiro atoms. The number of carboxylic acid groups (broad SMARTS) is 1. The third kappa shape index (κ3) is 5.37. The minimum absolute atomic E-state index is 0.319. The van der Waals surface area contributed by atoms with Crippen LogP contribution in [0.1, 0.15) is 42.6 Å². The predicted octanol–water partition coefficient (Wildman–Crippen LogP) is 6.47. The van der Waals surface area contributed by atoms with E-state index in [0.29, 0.717) is 29.7 Å². The van der Waals surface area contributed by atoms with Crippen LogP contribution in [-0.2, 0) is 15.1 Å². The average Bonchev–Trinajstić information content (AvgIpc) is 3.34. The largest absolute Gasteiger partial charge is 0.486 e. The van der Waals surface area contributed by atoms with Crippen LogP contribution < -0.4 is 4.74 Å². The first-order chi connectivity index (χ1) is 16.9. The van der Waals surface area contributed by atoms with E-state index in [2.05, 4.69) is 11.8 Å². The SMILES string of the molecule is COC(C)(C(=O)O)c1ccccc1C#CCCC(Oc1ccc2ccoc2c1)c1ccc(F)cc1. The summed E-state index contributed by atoms with van der Waals surface area (Å²) in [5.74, 6) is 5.44. The van der Waals surface area contributed by atoms with Gasteiger partial charge in [-0.25, -0.2) is 9.18 Å².